The van der Waals surface area contributed by atoms with Gasteiger partial charge in [0, 0.05) is 12.7 Å². The van der Waals surface area contributed by atoms with Crippen LogP contribution < -0.4 is 5.40 Å². The summed E-state index contributed by atoms with van der Waals surface area (Å²) in [5, 5.41) is 5.89. The smallest absolute Gasteiger partial charge is 0.383 e. The molecule has 0 rings (SSSR count). The van der Waals surface area contributed by atoms with Gasteiger partial charge in [-0.15, -0.1) is 0 Å². The summed E-state index contributed by atoms with van der Waals surface area (Å²) in [6.07, 6.45) is 3.69. The monoisotopic (exact) mass is 205 g/mol. The van der Waals surface area contributed by atoms with Gasteiger partial charge in [-0.3, -0.25) is 0 Å². The first-order chi connectivity index (χ1) is 6.02. The molecule has 2 N–H and O–H groups in total. The maximum atomic E-state index is 5.89. The lowest BCUT2D eigenvalue weighted by atomic mass is 10.2. The number of nitrogens with two attached hydrogens (primary N) is 1. The van der Waals surface area contributed by atoms with Crippen molar-refractivity contribution in [2.24, 2.45) is 5.40 Å². The summed E-state index contributed by atoms with van der Waals surface area (Å²) in [6, 6.07) is 0. The Morgan fingerprint density at radius 2 is 2.00 bits per heavy atom. The first kappa shape index (κ1) is 13.1. The zero-order valence-electron chi connectivity index (χ0n) is 9.30. The summed E-state index contributed by atoms with van der Waals surface area (Å²) in [5.41, 5.74) is 0. The molecule has 0 aromatic carbocycles. The molecule has 0 bridgehead atoms. The van der Waals surface area contributed by atoms with E-state index in [2.05, 4.69) is 13.8 Å². The molecule has 3 nitrogen and oxygen atoms in total. The minimum absolute atomic E-state index is 0.230. The van der Waals surface area contributed by atoms with Crippen LogP contribution in [-0.2, 0) is 8.85 Å². The molecule has 0 spiro atoms. The van der Waals surface area contributed by atoms with Gasteiger partial charge in [-0.25, -0.2) is 0 Å². The van der Waals surface area contributed by atoms with Crippen LogP contribution in [0.2, 0.25) is 6.55 Å². The molecule has 0 saturated carbocycles. The summed E-state index contributed by atoms with van der Waals surface area (Å²) < 4.78 is 11.0. The maximum absolute atomic E-state index is 5.89. The molecular formula is C9H23NO2Si. The lowest BCUT2D eigenvalue weighted by molar-refractivity contribution is 0.124. The Kier molecular flexibility index (Phi) is 6.58. The van der Waals surface area contributed by atoms with Crippen molar-refractivity contribution in [1.29, 1.82) is 0 Å². The molecule has 0 heterocycles. The van der Waals surface area contributed by atoms with Gasteiger partial charge in [-0.05, 0) is 26.8 Å². The van der Waals surface area contributed by atoms with Crippen molar-refractivity contribution in [2.45, 2.75) is 52.7 Å². The molecule has 0 aromatic heterocycles. The molecule has 4 heteroatoms. The molecule has 0 radical (unpaired) electrons. The molecule has 80 valence electrons. The van der Waals surface area contributed by atoms with Crippen LogP contribution in [0.4, 0.5) is 0 Å². The minimum atomic E-state index is -2.32. The SMILES string of the molecule is CCCCC(C)O[Si](C)(N)OCC. The highest BCUT2D eigenvalue weighted by Crippen LogP contribution is 2.09. The second-order valence-corrected chi connectivity index (χ2v) is 6.08. The largest absolute Gasteiger partial charge is 0.419 e. The van der Waals surface area contributed by atoms with Crippen molar-refractivity contribution in [3.63, 3.8) is 0 Å². The van der Waals surface area contributed by atoms with Crippen molar-refractivity contribution in [1.82, 2.24) is 0 Å². The van der Waals surface area contributed by atoms with Crippen LogP contribution in [-0.4, -0.2) is 21.4 Å². The van der Waals surface area contributed by atoms with Crippen molar-refractivity contribution < 1.29 is 8.85 Å². The van der Waals surface area contributed by atoms with Crippen LogP contribution in [0.1, 0.15) is 40.0 Å². The fourth-order valence-electron chi connectivity index (χ4n) is 1.27. The van der Waals surface area contributed by atoms with Crippen molar-refractivity contribution >= 4 is 8.72 Å². The topological polar surface area (TPSA) is 44.5 Å². The average Bonchev–Trinajstić information content (AvgIpc) is 1.99. The van der Waals surface area contributed by atoms with Crippen LogP contribution in [0, 0.1) is 0 Å². The zero-order valence-corrected chi connectivity index (χ0v) is 10.3. The van der Waals surface area contributed by atoms with Gasteiger partial charge in [-0.2, -0.15) is 0 Å². The summed E-state index contributed by atoms with van der Waals surface area (Å²) >= 11 is 0. The minimum Gasteiger partial charge on any atom is -0.383 e. The summed E-state index contributed by atoms with van der Waals surface area (Å²) in [4.78, 5) is 0. The van der Waals surface area contributed by atoms with Gasteiger partial charge >= 0.3 is 8.72 Å². The molecule has 0 aliphatic heterocycles. The summed E-state index contributed by atoms with van der Waals surface area (Å²) in [7, 11) is -2.32. The van der Waals surface area contributed by atoms with E-state index in [1.165, 1.54) is 12.8 Å². The predicted molar refractivity (Wildman–Crippen MR) is 57.5 cm³/mol. The van der Waals surface area contributed by atoms with Gasteiger partial charge in [-0.1, -0.05) is 19.8 Å². The fraction of sp³-hybridized carbons (Fsp3) is 1.00. The quantitative estimate of drug-likeness (QED) is 0.648. The van der Waals surface area contributed by atoms with Crippen LogP contribution in [0.15, 0.2) is 0 Å². The Hall–Kier alpha value is 0.0969. The Balaban J connectivity index is 3.68. The highest BCUT2D eigenvalue weighted by molar-refractivity contribution is 6.62. The van der Waals surface area contributed by atoms with E-state index >= 15 is 0 Å². The molecule has 0 aromatic rings. The van der Waals surface area contributed by atoms with E-state index in [4.69, 9.17) is 14.3 Å². The summed E-state index contributed by atoms with van der Waals surface area (Å²) in [5.74, 6) is 0. The second-order valence-electron chi connectivity index (χ2n) is 3.52. The van der Waals surface area contributed by atoms with E-state index in [1.807, 2.05) is 13.5 Å². The van der Waals surface area contributed by atoms with Gasteiger partial charge in [0.25, 0.3) is 0 Å². The Labute approximate surface area is 82.9 Å². The molecule has 0 amide bonds. The fourth-order valence-corrected chi connectivity index (χ4v) is 2.83. The molecule has 0 aliphatic carbocycles. The van der Waals surface area contributed by atoms with E-state index in [-0.39, 0.29) is 6.10 Å². The van der Waals surface area contributed by atoms with E-state index in [0.29, 0.717) is 6.61 Å². The number of hydrogen-bond acceptors (Lipinski definition) is 3. The highest BCUT2D eigenvalue weighted by atomic mass is 28.4. The molecule has 0 saturated heterocycles. The first-order valence-electron chi connectivity index (χ1n) is 5.12. The third kappa shape index (κ3) is 7.19. The van der Waals surface area contributed by atoms with Crippen LogP contribution in [0.5, 0.6) is 0 Å². The van der Waals surface area contributed by atoms with E-state index in [1.54, 1.807) is 0 Å². The second kappa shape index (κ2) is 6.54. The van der Waals surface area contributed by atoms with Crippen LogP contribution in [0.25, 0.3) is 0 Å². The highest BCUT2D eigenvalue weighted by Gasteiger charge is 2.28. The summed E-state index contributed by atoms with van der Waals surface area (Å²) in [6.45, 7) is 8.71. The van der Waals surface area contributed by atoms with E-state index in [0.717, 1.165) is 6.42 Å². The third-order valence-corrected chi connectivity index (χ3v) is 3.56. The zero-order chi connectivity index (χ0) is 10.3. The van der Waals surface area contributed by atoms with Gasteiger partial charge in [0.1, 0.15) is 0 Å². The molecule has 13 heavy (non-hydrogen) atoms. The molecule has 0 aliphatic rings. The predicted octanol–water partition coefficient (Wildman–Crippen LogP) is 2.15. The van der Waals surface area contributed by atoms with E-state index in [9.17, 15) is 0 Å². The van der Waals surface area contributed by atoms with Gasteiger partial charge in [0.05, 0.1) is 0 Å². The Morgan fingerprint density at radius 3 is 2.46 bits per heavy atom. The maximum Gasteiger partial charge on any atom is 0.419 e. The molecule has 0 fully saturated rings. The number of rotatable bonds is 7. The third-order valence-electron chi connectivity index (χ3n) is 1.83. The van der Waals surface area contributed by atoms with Gasteiger partial charge < -0.3 is 14.3 Å². The van der Waals surface area contributed by atoms with Crippen molar-refractivity contribution in [3.8, 4) is 0 Å². The van der Waals surface area contributed by atoms with E-state index < -0.39 is 8.72 Å². The van der Waals surface area contributed by atoms with Crippen LogP contribution >= 0.6 is 0 Å². The normalized spacial score (nSPS) is 18.2. The number of hydrogen-bond donors (Lipinski definition) is 1. The lowest BCUT2D eigenvalue weighted by Crippen LogP contribution is -2.51. The standard InChI is InChI=1S/C9H23NO2Si/c1-5-7-8-9(3)12-13(4,10)11-6-2/h9H,5-8,10H2,1-4H3. The molecular weight excluding hydrogens is 182 g/mol. The first-order valence-corrected chi connectivity index (χ1v) is 7.51. The Morgan fingerprint density at radius 1 is 1.38 bits per heavy atom. The average molecular weight is 205 g/mol. The molecule has 2 unspecified atom stereocenters. The van der Waals surface area contributed by atoms with Crippen molar-refractivity contribution in [3.05, 3.63) is 0 Å². The van der Waals surface area contributed by atoms with Gasteiger partial charge in [0.2, 0.25) is 0 Å². The Bertz CT molecular complexity index is 131. The van der Waals surface area contributed by atoms with Crippen molar-refractivity contribution in [2.75, 3.05) is 6.61 Å². The number of unbranched alkanes of at least 4 members (excludes halogenated alkanes) is 1. The van der Waals surface area contributed by atoms with Crippen LogP contribution in [0.3, 0.4) is 0 Å². The lowest BCUT2D eigenvalue weighted by Gasteiger charge is -2.25. The molecule has 2 atom stereocenters. The van der Waals surface area contributed by atoms with Gasteiger partial charge in [0.15, 0.2) is 0 Å².